The molecular formula is C6H11BrO. The molecular weight excluding hydrogens is 168 g/mol. The van der Waals surface area contributed by atoms with Gasteiger partial charge in [0, 0.05) is 0 Å². The molecule has 48 valence electrons. The number of hydrogen-bond donors (Lipinski definition) is 0. The van der Waals surface area contributed by atoms with Crippen molar-refractivity contribution in [3.63, 3.8) is 0 Å². The molecule has 0 radical (unpaired) electrons. The minimum absolute atomic E-state index is 0.0955. The van der Waals surface area contributed by atoms with E-state index in [4.69, 9.17) is 4.74 Å². The fourth-order valence-electron chi connectivity index (χ4n) is 0.243. The van der Waals surface area contributed by atoms with Crippen LogP contribution in [0.15, 0.2) is 12.3 Å². The van der Waals surface area contributed by atoms with E-state index in [1.807, 2.05) is 13.8 Å². The van der Waals surface area contributed by atoms with Crippen molar-refractivity contribution in [2.75, 3.05) is 7.11 Å². The van der Waals surface area contributed by atoms with Crippen LogP contribution in [-0.2, 0) is 4.74 Å². The van der Waals surface area contributed by atoms with Crippen LogP contribution < -0.4 is 0 Å². The lowest BCUT2D eigenvalue weighted by Crippen LogP contribution is -2.13. The van der Waals surface area contributed by atoms with Crippen molar-refractivity contribution in [1.82, 2.24) is 0 Å². The zero-order valence-electron chi connectivity index (χ0n) is 5.49. The number of halogens is 1. The number of ether oxygens (including phenoxy) is 1. The molecule has 0 aliphatic heterocycles. The van der Waals surface area contributed by atoms with Gasteiger partial charge in [0.15, 0.2) is 0 Å². The third-order valence-corrected chi connectivity index (χ3v) is 1.35. The van der Waals surface area contributed by atoms with Crippen molar-refractivity contribution in [1.29, 1.82) is 0 Å². The highest BCUT2D eigenvalue weighted by atomic mass is 79.9. The van der Waals surface area contributed by atoms with Crippen molar-refractivity contribution < 1.29 is 4.74 Å². The molecule has 0 fully saturated rings. The molecule has 2 heteroatoms. The number of allylic oxidation sites excluding steroid dienone is 1. The highest BCUT2D eigenvalue weighted by Gasteiger charge is 2.16. The van der Waals surface area contributed by atoms with E-state index in [1.54, 1.807) is 7.11 Å². The normalized spacial score (nSPS) is 11.0. The second kappa shape index (κ2) is 2.53. The third-order valence-electron chi connectivity index (χ3n) is 0.909. The van der Waals surface area contributed by atoms with Crippen LogP contribution in [0.4, 0.5) is 0 Å². The van der Waals surface area contributed by atoms with Gasteiger partial charge in [0.1, 0.15) is 5.76 Å². The van der Waals surface area contributed by atoms with Gasteiger partial charge >= 0.3 is 0 Å². The molecule has 8 heavy (non-hydrogen) atoms. The summed E-state index contributed by atoms with van der Waals surface area (Å²) in [6.45, 7) is 7.65. The van der Waals surface area contributed by atoms with Gasteiger partial charge in [-0.15, -0.1) is 0 Å². The van der Waals surface area contributed by atoms with Crippen LogP contribution in [0.25, 0.3) is 0 Å². The van der Waals surface area contributed by atoms with Crippen molar-refractivity contribution >= 4 is 15.9 Å². The van der Waals surface area contributed by atoms with Crippen LogP contribution >= 0.6 is 15.9 Å². The Morgan fingerprint density at radius 2 is 2.00 bits per heavy atom. The lowest BCUT2D eigenvalue weighted by atomic mass is 10.2. The molecule has 0 N–H and O–H groups in total. The Hall–Kier alpha value is 0.0200. The lowest BCUT2D eigenvalue weighted by molar-refractivity contribution is 0.267. The Kier molecular flexibility index (Phi) is 2.54. The van der Waals surface area contributed by atoms with Crippen molar-refractivity contribution in [3.8, 4) is 0 Å². The first-order valence-corrected chi connectivity index (χ1v) is 3.20. The first-order chi connectivity index (χ1) is 3.48. The predicted molar refractivity (Wildman–Crippen MR) is 39.2 cm³/mol. The molecule has 0 aliphatic carbocycles. The largest absolute Gasteiger partial charge is 0.500 e. The van der Waals surface area contributed by atoms with Crippen LogP contribution in [0, 0.1) is 0 Å². The second-order valence-electron chi connectivity index (χ2n) is 2.10. The molecule has 1 nitrogen and oxygen atoms in total. The monoisotopic (exact) mass is 178 g/mol. The predicted octanol–water partition coefficient (Wildman–Crippen LogP) is 2.32. The van der Waals surface area contributed by atoms with Gasteiger partial charge in [-0.25, -0.2) is 0 Å². The summed E-state index contributed by atoms with van der Waals surface area (Å²) in [5.41, 5.74) is 0. The standard InChI is InChI=1S/C6H11BrO/c1-5(8-4)6(2,3)7/h1H2,2-4H3. The van der Waals surface area contributed by atoms with Gasteiger partial charge in [0.2, 0.25) is 0 Å². The third kappa shape index (κ3) is 2.36. The summed E-state index contributed by atoms with van der Waals surface area (Å²) in [5, 5.41) is 0. The topological polar surface area (TPSA) is 9.23 Å². The van der Waals surface area contributed by atoms with Gasteiger partial charge in [0.05, 0.1) is 11.4 Å². The Morgan fingerprint density at radius 3 is 2.00 bits per heavy atom. The van der Waals surface area contributed by atoms with E-state index in [9.17, 15) is 0 Å². The first kappa shape index (κ1) is 8.02. The molecule has 0 atom stereocenters. The highest BCUT2D eigenvalue weighted by Crippen LogP contribution is 2.24. The van der Waals surface area contributed by atoms with Crippen molar-refractivity contribution in [2.24, 2.45) is 0 Å². The van der Waals surface area contributed by atoms with Crippen LogP contribution in [0.1, 0.15) is 13.8 Å². The summed E-state index contributed by atoms with van der Waals surface area (Å²) >= 11 is 3.38. The van der Waals surface area contributed by atoms with Gasteiger partial charge in [-0.3, -0.25) is 0 Å². The Labute approximate surface area is 58.9 Å². The van der Waals surface area contributed by atoms with Gasteiger partial charge in [0.25, 0.3) is 0 Å². The van der Waals surface area contributed by atoms with E-state index in [2.05, 4.69) is 22.5 Å². The Bertz CT molecular complexity index is 91.2. The summed E-state index contributed by atoms with van der Waals surface area (Å²) in [4.78, 5) is 0. The molecule has 0 unspecified atom stereocenters. The Morgan fingerprint density at radius 1 is 1.62 bits per heavy atom. The van der Waals surface area contributed by atoms with E-state index < -0.39 is 0 Å². The average molecular weight is 179 g/mol. The minimum atomic E-state index is -0.0955. The van der Waals surface area contributed by atoms with E-state index >= 15 is 0 Å². The van der Waals surface area contributed by atoms with Gasteiger partial charge < -0.3 is 4.74 Å². The van der Waals surface area contributed by atoms with E-state index in [0.29, 0.717) is 0 Å². The maximum Gasteiger partial charge on any atom is 0.104 e. The van der Waals surface area contributed by atoms with Crippen LogP contribution in [0.3, 0.4) is 0 Å². The van der Waals surface area contributed by atoms with E-state index in [-0.39, 0.29) is 4.32 Å². The molecule has 0 aromatic carbocycles. The summed E-state index contributed by atoms with van der Waals surface area (Å²) in [7, 11) is 1.62. The number of rotatable bonds is 2. The first-order valence-electron chi connectivity index (χ1n) is 2.40. The molecule has 0 spiro atoms. The lowest BCUT2D eigenvalue weighted by Gasteiger charge is -2.17. The van der Waals surface area contributed by atoms with Gasteiger partial charge in [-0.05, 0) is 13.8 Å². The average Bonchev–Trinajstić information content (AvgIpc) is 1.62. The zero-order valence-corrected chi connectivity index (χ0v) is 7.08. The molecule has 0 amide bonds. The highest BCUT2D eigenvalue weighted by molar-refractivity contribution is 9.10. The number of hydrogen-bond acceptors (Lipinski definition) is 1. The SMILES string of the molecule is C=C(OC)C(C)(C)Br. The van der Waals surface area contributed by atoms with Gasteiger partial charge in [-0.1, -0.05) is 22.5 Å². The summed E-state index contributed by atoms with van der Waals surface area (Å²) in [6, 6.07) is 0. The zero-order chi connectivity index (χ0) is 6.78. The maximum absolute atomic E-state index is 4.87. The molecule has 0 heterocycles. The Balaban J connectivity index is 3.82. The van der Waals surface area contributed by atoms with Crippen LogP contribution in [-0.4, -0.2) is 11.4 Å². The smallest absolute Gasteiger partial charge is 0.104 e. The van der Waals surface area contributed by atoms with Crippen molar-refractivity contribution in [2.45, 2.75) is 18.2 Å². The number of alkyl halides is 1. The van der Waals surface area contributed by atoms with E-state index in [0.717, 1.165) is 5.76 Å². The van der Waals surface area contributed by atoms with Crippen LogP contribution in [0.5, 0.6) is 0 Å². The number of methoxy groups -OCH3 is 1. The summed E-state index contributed by atoms with van der Waals surface area (Å²) in [6.07, 6.45) is 0. The molecule has 0 rings (SSSR count). The van der Waals surface area contributed by atoms with Crippen molar-refractivity contribution in [3.05, 3.63) is 12.3 Å². The fraction of sp³-hybridized carbons (Fsp3) is 0.667. The summed E-state index contributed by atoms with van der Waals surface area (Å²) < 4.78 is 4.78. The second-order valence-corrected chi connectivity index (χ2v) is 4.08. The molecule has 0 saturated carbocycles. The molecule has 0 aromatic heterocycles. The van der Waals surface area contributed by atoms with Crippen LogP contribution in [0.2, 0.25) is 0 Å². The fourth-order valence-corrected chi connectivity index (χ4v) is 0.405. The molecule has 0 aromatic rings. The van der Waals surface area contributed by atoms with Gasteiger partial charge in [-0.2, -0.15) is 0 Å². The van der Waals surface area contributed by atoms with E-state index in [1.165, 1.54) is 0 Å². The molecule has 0 bridgehead atoms. The minimum Gasteiger partial charge on any atom is -0.500 e. The quantitative estimate of drug-likeness (QED) is 0.466. The molecule has 0 saturated heterocycles. The molecule has 0 aliphatic rings. The maximum atomic E-state index is 4.87. The summed E-state index contributed by atoms with van der Waals surface area (Å²) in [5.74, 6) is 0.748.